The van der Waals surface area contributed by atoms with Crippen LogP contribution in [0.4, 0.5) is 0 Å². The van der Waals surface area contributed by atoms with Crippen LogP contribution in [0.5, 0.6) is 5.75 Å². The molecule has 2 aromatic rings. The first-order valence-corrected chi connectivity index (χ1v) is 5.97. The van der Waals surface area contributed by atoms with Crippen molar-refractivity contribution in [1.82, 2.24) is 0 Å². The van der Waals surface area contributed by atoms with Crippen molar-refractivity contribution in [1.29, 1.82) is 0 Å². The molecule has 1 aliphatic rings. The molecule has 1 N–H and O–H groups in total. The van der Waals surface area contributed by atoms with Gasteiger partial charge >= 0.3 is 5.63 Å². The molecule has 3 rings (SSSR count). The number of fused-ring (bicyclic) bond motifs is 3. The van der Waals surface area contributed by atoms with Crippen molar-refractivity contribution in [2.45, 2.75) is 25.9 Å². The van der Waals surface area contributed by atoms with Gasteiger partial charge in [0.05, 0.1) is 0 Å². The maximum absolute atomic E-state index is 11.4. The van der Waals surface area contributed by atoms with E-state index in [1.165, 1.54) is 6.07 Å². The number of hydrogen-bond acceptors (Lipinski definition) is 5. The van der Waals surface area contributed by atoms with Gasteiger partial charge in [-0.05, 0) is 32.0 Å². The largest absolute Gasteiger partial charge is 0.481 e. The second kappa shape index (κ2) is 3.85. The molecule has 0 atom stereocenters. The van der Waals surface area contributed by atoms with Gasteiger partial charge < -0.3 is 14.4 Å². The lowest BCUT2D eigenvalue weighted by Gasteiger charge is -2.33. The Morgan fingerprint density at radius 2 is 2.00 bits per heavy atom. The van der Waals surface area contributed by atoms with Gasteiger partial charge in [0, 0.05) is 23.4 Å². The maximum Gasteiger partial charge on any atom is 0.336 e. The molecule has 0 spiro atoms. The molecule has 2 heterocycles. The number of benzene rings is 1. The fourth-order valence-corrected chi connectivity index (χ4v) is 2.30. The van der Waals surface area contributed by atoms with Gasteiger partial charge in [-0.1, -0.05) is 5.16 Å². The third kappa shape index (κ3) is 1.78. The van der Waals surface area contributed by atoms with Crippen molar-refractivity contribution >= 4 is 16.7 Å². The van der Waals surface area contributed by atoms with Crippen LogP contribution in [-0.4, -0.2) is 16.5 Å². The quantitative estimate of drug-likeness (QED) is 0.448. The van der Waals surface area contributed by atoms with Crippen LogP contribution in [0.1, 0.15) is 19.4 Å². The molecular weight excluding hydrogens is 246 g/mol. The molecular formula is C14H13NO4. The molecule has 1 aromatic carbocycles. The van der Waals surface area contributed by atoms with Gasteiger partial charge in [-0.25, -0.2) is 4.79 Å². The van der Waals surface area contributed by atoms with Gasteiger partial charge in [0.2, 0.25) is 0 Å². The fraction of sp³-hybridized carbons (Fsp3) is 0.286. The Bertz CT molecular complexity index is 743. The second-order valence-corrected chi connectivity index (χ2v) is 5.05. The predicted octanol–water partition coefficient (Wildman–Crippen LogP) is 2.34. The Labute approximate surface area is 109 Å². The van der Waals surface area contributed by atoms with Crippen LogP contribution < -0.4 is 10.4 Å². The molecule has 0 saturated heterocycles. The zero-order chi connectivity index (χ0) is 13.6. The number of ether oxygens (including phenoxy) is 1. The molecule has 0 aliphatic carbocycles. The van der Waals surface area contributed by atoms with Gasteiger partial charge in [0.15, 0.2) is 0 Å². The number of rotatable bonds is 0. The van der Waals surface area contributed by atoms with Crippen molar-refractivity contribution in [3.05, 3.63) is 40.2 Å². The summed E-state index contributed by atoms with van der Waals surface area (Å²) in [5.41, 5.74) is 0.640. The van der Waals surface area contributed by atoms with E-state index in [0.717, 1.165) is 10.9 Å². The van der Waals surface area contributed by atoms with Crippen molar-refractivity contribution in [3.8, 4) is 5.75 Å². The minimum absolute atomic E-state index is 0.392. The molecule has 5 nitrogen and oxygen atoms in total. The van der Waals surface area contributed by atoms with Crippen LogP contribution in [0.3, 0.4) is 0 Å². The van der Waals surface area contributed by atoms with Gasteiger partial charge in [-0.15, -0.1) is 0 Å². The van der Waals surface area contributed by atoms with Crippen molar-refractivity contribution in [3.63, 3.8) is 0 Å². The van der Waals surface area contributed by atoms with E-state index in [2.05, 4.69) is 5.16 Å². The normalized spacial score (nSPS) is 19.2. The summed E-state index contributed by atoms with van der Waals surface area (Å²) < 4.78 is 11.1. The Kier molecular flexibility index (Phi) is 2.38. The molecule has 0 amide bonds. The lowest BCUT2D eigenvalue weighted by Crippen LogP contribution is -2.42. The van der Waals surface area contributed by atoms with Gasteiger partial charge in [-0.2, -0.15) is 0 Å². The van der Waals surface area contributed by atoms with Crippen LogP contribution >= 0.6 is 0 Å². The number of oxime groups is 1. The van der Waals surface area contributed by atoms with Crippen molar-refractivity contribution in [2.75, 3.05) is 0 Å². The fourth-order valence-electron chi connectivity index (χ4n) is 2.30. The summed E-state index contributed by atoms with van der Waals surface area (Å²) in [6.07, 6.45) is 0.392. The molecule has 0 fully saturated rings. The lowest BCUT2D eigenvalue weighted by molar-refractivity contribution is 0.163. The van der Waals surface area contributed by atoms with E-state index in [0.29, 0.717) is 23.5 Å². The smallest absolute Gasteiger partial charge is 0.336 e. The predicted molar refractivity (Wildman–Crippen MR) is 70.1 cm³/mol. The Balaban J connectivity index is 2.29. The van der Waals surface area contributed by atoms with E-state index in [1.54, 1.807) is 6.07 Å². The summed E-state index contributed by atoms with van der Waals surface area (Å²) in [6.45, 7) is 3.66. The maximum atomic E-state index is 11.4. The average Bonchev–Trinajstić information content (AvgIpc) is 2.36. The van der Waals surface area contributed by atoms with E-state index < -0.39 is 11.2 Å². The minimum Gasteiger partial charge on any atom is -0.481 e. The average molecular weight is 259 g/mol. The Morgan fingerprint density at radius 1 is 1.26 bits per heavy atom. The molecule has 1 aliphatic heterocycles. The van der Waals surface area contributed by atoms with Crippen LogP contribution in [0, 0.1) is 0 Å². The van der Waals surface area contributed by atoms with Gasteiger partial charge in [0.1, 0.15) is 22.6 Å². The van der Waals surface area contributed by atoms with Gasteiger partial charge in [0.25, 0.3) is 0 Å². The topological polar surface area (TPSA) is 72.0 Å². The Morgan fingerprint density at radius 3 is 2.74 bits per heavy atom. The highest BCUT2D eigenvalue weighted by molar-refractivity contribution is 5.98. The van der Waals surface area contributed by atoms with E-state index >= 15 is 0 Å². The molecule has 0 saturated carbocycles. The van der Waals surface area contributed by atoms with E-state index in [9.17, 15) is 4.79 Å². The Hall–Kier alpha value is -2.30. The molecule has 98 valence electrons. The summed E-state index contributed by atoms with van der Waals surface area (Å²) in [7, 11) is 0. The third-order valence-electron chi connectivity index (χ3n) is 3.37. The summed E-state index contributed by atoms with van der Waals surface area (Å²) in [6, 6.07) is 6.77. The molecule has 0 bridgehead atoms. The first-order valence-electron chi connectivity index (χ1n) is 5.97. The van der Waals surface area contributed by atoms with Crippen LogP contribution in [-0.2, 0) is 6.42 Å². The van der Waals surface area contributed by atoms with E-state index in [-0.39, 0.29) is 0 Å². The monoisotopic (exact) mass is 259 g/mol. The third-order valence-corrected chi connectivity index (χ3v) is 3.37. The highest BCUT2D eigenvalue weighted by atomic mass is 16.5. The molecule has 5 heteroatoms. The number of nitrogens with zero attached hydrogens (tertiary/aromatic N) is 1. The van der Waals surface area contributed by atoms with Crippen LogP contribution in [0.15, 0.2) is 38.6 Å². The van der Waals surface area contributed by atoms with E-state index in [4.69, 9.17) is 14.4 Å². The highest BCUT2D eigenvalue weighted by Gasteiger charge is 2.35. The highest BCUT2D eigenvalue weighted by Crippen LogP contribution is 2.35. The van der Waals surface area contributed by atoms with E-state index in [1.807, 2.05) is 26.0 Å². The molecule has 0 unspecified atom stereocenters. The summed E-state index contributed by atoms with van der Waals surface area (Å²) in [5, 5.41) is 13.2. The minimum atomic E-state index is -0.676. The zero-order valence-electron chi connectivity index (χ0n) is 10.6. The standard InChI is InChI=1S/C14H13NO4/c1-14(2)11(15-17)7-9-10(19-14)5-3-8-4-6-12(16)18-13(8)9/h3-6,17H,7H2,1-2H3/b15-11+. The summed E-state index contributed by atoms with van der Waals surface area (Å²) >= 11 is 0. The molecule has 19 heavy (non-hydrogen) atoms. The molecule has 0 radical (unpaired) electrons. The number of hydrogen-bond donors (Lipinski definition) is 1. The molecule has 1 aromatic heterocycles. The van der Waals surface area contributed by atoms with Crippen LogP contribution in [0.2, 0.25) is 0 Å². The lowest BCUT2D eigenvalue weighted by atomic mass is 9.91. The van der Waals surface area contributed by atoms with Gasteiger partial charge in [-0.3, -0.25) is 0 Å². The first-order chi connectivity index (χ1) is 9.01. The zero-order valence-corrected chi connectivity index (χ0v) is 10.6. The second-order valence-electron chi connectivity index (χ2n) is 5.05. The SMILES string of the molecule is CC1(C)Oc2ccc3ccc(=O)oc3c2C/C1=N\O. The van der Waals surface area contributed by atoms with Crippen LogP contribution in [0.25, 0.3) is 11.0 Å². The summed E-state index contributed by atoms with van der Waals surface area (Å²) in [4.78, 5) is 11.4. The summed E-state index contributed by atoms with van der Waals surface area (Å²) in [5.74, 6) is 0.652. The van der Waals surface area contributed by atoms with Crippen molar-refractivity contribution in [2.24, 2.45) is 5.16 Å². The van der Waals surface area contributed by atoms with Crippen molar-refractivity contribution < 1.29 is 14.4 Å². The first kappa shape index (κ1) is 11.8.